The summed E-state index contributed by atoms with van der Waals surface area (Å²) in [6.45, 7) is 9.20. The number of hydrogen-bond acceptors (Lipinski definition) is 9. The standard InChI is InChI=1S/C26H31NO9S/c1-25(2,3)35-21(28)14-27-17-13-16(37(7,31)32)11-12-18(17)34-20-10-8-9-19(23(20)24(27)30)33-15-22(29)36-26(4,5)6/h8-13H,14-15H2,1-7H3. The van der Waals surface area contributed by atoms with E-state index in [1.807, 2.05) is 0 Å². The van der Waals surface area contributed by atoms with Crippen molar-refractivity contribution in [3.8, 4) is 17.2 Å². The predicted molar refractivity (Wildman–Crippen MR) is 135 cm³/mol. The molecule has 10 nitrogen and oxygen atoms in total. The summed E-state index contributed by atoms with van der Waals surface area (Å²) < 4.78 is 46.7. The number of hydrogen-bond donors (Lipinski definition) is 0. The molecule has 2 aromatic carbocycles. The van der Waals surface area contributed by atoms with Crippen LogP contribution in [0.4, 0.5) is 5.69 Å². The monoisotopic (exact) mass is 533 g/mol. The van der Waals surface area contributed by atoms with Crippen molar-refractivity contribution >= 4 is 33.4 Å². The highest BCUT2D eigenvalue weighted by atomic mass is 32.2. The van der Waals surface area contributed by atoms with Gasteiger partial charge in [-0.3, -0.25) is 14.5 Å². The minimum absolute atomic E-state index is 0.0266. The topological polar surface area (TPSA) is 126 Å². The summed E-state index contributed by atoms with van der Waals surface area (Å²) in [5.41, 5.74) is -1.53. The van der Waals surface area contributed by atoms with Crippen LogP contribution >= 0.6 is 0 Å². The molecular formula is C26H31NO9S. The lowest BCUT2D eigenvalue weighted by molar-refractivity contribution is -0.157. The molecule has 2 aromatic rings. The second-order valence-electron chi connectivity index (χ2n) is 10.5. The van der Waals surface area contributed by atoms with E-state index >= 15 is 0 Å². The Labute approximate surface area is 216 Å². The van der Waals surface area contributed by atoms with Crippen LogP contribution in [0.25, 0.3) is 0 Å². The van der Waals surface area contributed by atoms with Gasteiger partial charge in [0, 0.05) is 6.26 Å². The maximum absolute atomic E-state index is 13.8. The fraction of sp³-hybridized carbons (Fsp3) is 0.423. The average molecular weight is 534 g/mol. The van der Waals surface area contributed by atoms with Gasteiger partial charge in [0.15, 0.2) is 22.2 Å². The van der Waals surface area contributed by atoms with Gasteiger partial charge >= 0.3 is 11.9 Å². The molecule has 1 heterocycles. The Morgan fingerprint density at radius 1 is 0.919 bits per heavy atom. The highest BCUT2D eigenvalue weighted by Crippen LogP contribution is 2.43. The van der Waals surface area contributed by atoms with Crippen molar-refractivity contribution in [1.29, 1.82) is 0 Å². The molecule has 0 radical (unpaired) electrons. The molecule has 0 aromatic heterocycles. The molecule has 11 heteroatoms. The van der Waals surface area contributed by atoms with Gasteiger partial charge < -0.3 is 18.9 Å². The maximum atomic E-state index is 13.8. The molecule has 1 amide bonds. The van der Waals surface area contributed by atoms with Crippen LogP contribution in [0, 0.1) is 0 Å². The quantitative estimate of drug-likeness (QED) is 0.508. The Kier molecular flexibility index (Phi) is 7.59. The van der Waals surface area contributed by atoms with E-state index in [2.05, 4.69) is 0 Å². The van der Waals surface area contributed by atoms with Gasteiger partial charge in [-0.05, 0) is 71.9 Å². The molecule has 0 aliphatic carbocycles. The largest absolute Gasteiger partial charge is 0.481 e. The molecule has 0 spiro atoms. The third-order valence-corrected chi connectivity index (χ3v) is 5.90. The zero-order valence-electron chi connectivity index (χ0n) is 21.9. The third kappa shape index (κ3) is 7.22. The first-order valence-corrected chi connectivity index (χ1v) is 13.4. The van der Waals surface area contributed by atoms with Crippen LogP contribution in [0.5, 0.6) is 17.2 Å². The molecule has 3 rings (SSSR count). The van der Waals surface area contributed by atoms with E-state index in [1.54, 1.807) is 47.6 Å². The minimum Gasteiger partial charge on any atom is -0.481 e. The molecule has 0 bridgehead atoms. The van der Waals surface area contributed by atoms with E-state index in [9.17, 15) is 22.8 Å². The Bertz CT molecular complexity index is 1330. The Hall–Kier alpha value is -3.60. The van der Waals surface area contributed by atoms with Gasteiger partial charge in [0.25, 0.3) is 5.91 Å². The molecule has 37 heavy (non-hydrogen) atoms. The molecule has 0 fully saturated rings. The highest BCUT2D eigenvalue weighted by Gasteiger charge is 2.34. The van der Waals surface area contributed by atoms with Gasteiger partial charge in [-0.1, -0.05) is 6.07 Å². The Balaban J connectivity index is 2.07. The molecule has 0 N–H and O–H groups in total. The average Bonchev–Trinajstić information content (AvgIpc) is 2.83. The predicted octanol–water partition coefficient (Wildman–Crippen LogP) is 3.90. The lowest BCUT2D eigenvalue weighted by Crippen LogP contribution is -2.38. The summed E-state index contributed by atoms with van der Waals surface area (Å²) in [4.78, 5) is 39.8. The van der Waals surface area contributed by atoms with Crippen molar-refractivity contribution in [2.45, 2.75) is 57.6 Å². The summed E-state index contributed by atoms with van der Waals surface area (Å²) in [6, 6.07) is 8.60. The first-order chi connectivity index (χ1) is 16.9. The van der Waals surface area contributed by atoms with E-state index in [4.69, 9.17) is 18.9 Å². The number of nitrogens with zero attached hydrogens (tertiary/aromatic N) is 1. The van der Waals surface area contributed by atoms with Crippen molar-refractivity contribution in [2.24, 2.45) is 0 Å². The number of anilines is 1. The number of sulfone groups is 1. The van der Waals surface area contributed by atoms with Gasteiger partial charge in [0.05, 0.1) is 10.6 Å². The highest BCUT2D eigenvalue weighted by molar-refractivity contribution is 7.90. The second-order valence-corrected chi connectivity index (χ2v) is 12.5. The van der Waals surface area contributed by atoms with Crippen LogP contribution < -0.4 is 14.4 Å². The molecule has 0 saturated heterocycles. The molecule has 0 atom stereocenters. The fourth-order valence-electron chi connectivity index (χ4n) is 3.48. The first kappa shape index (κ1) is 28.0. The number of esters is 2. The van der Waals surface area contributed by atoms with E-state index in [1.165, 1.54) is 30.3 Å². The summed E-state index contributed by atoms with van der Waals surface area (Å²) in [5.74, 6) is -1.78. The summed E-state index contributed by atoms with van der Waals surface area (Å²) in [5, 5.41) is 0. The number of ether oxygens (including phenoxy) is 4. The van der Waals surface area contributed by atoms with Crippen molar-refractivity contribution < 1.29 is 41.7 Å². The number of benzene rings is 2. The summed E-state index contributed by atoms with van der Waals surface area (Å²) in [7, 11) is -3.64. The van der Waals surface area contributed by atoms with Crippen molar-refractivity contribution in [3.63, 3.8) is 0 Å². The maximum Gasteiger partial charge on any atom is 0.344 e. The van der Waals surface area contributed by atoms with Crippen molar-refractivity contribution in [2.75, 3.05) is 24.3 Å². The van der Waals surface area contributed by atoms with Crippen LogP contribution in [0.1, 0.15) is 51.9 Å². The molecule has 0 saturated carbocycles. The van der Waals surface area contributed by atoms with Crippen molar-refractivity contribution in [3.05, 3.63) is 42.0 Å². The zero-order chi connectivity index (χ0) is 27.8. The van der Waals surface area contributed by atoms with Crippen LogP contribution in [-0.2, 0) is 28.9 Å². The molecular weight excluding hydrogens is 502 g/mol. The van der Waals surface area contributed by atoms with E-state index < -0.39 is 52.0 Å². The third-order valence-electron chi connectivity index (χ3n) is 4.79. The van der Waals surface area contributed by atoms with Crippen LogP contribution in [0.3, 0.4) is 0 Å². The van der Waals surface area contributed by atoms with Crippen LogP contribution in [0.2, 0.25) is 0 Å². The smallest absolute Gasteiger partial charge is 0.344 e. The van der Waals surface area contributed by atoms with Crippen molar-refractivity contribution in [1.82, 2.24) is 0 Å². The molecule has 200 valence electrons. The lowest BCUT2D eigenvalue weighted by atomic mass is 10.1. The number of fused-ring (bicyclic) bond motifs is 2. The van der Waals surface area contributed by atoms with Gasteiger partial charge in [0.1, 0.15) is 34.8 Å². The molecule has 1 aliphatic heterocycles. The summed E-state index contributed by atoms with van der Waals surface area (Å²) >= 11 is 0. The van der Waals surface area contributed by atoms with Gasteiger partial charge in [-0.25, -0.2) is 13.2 Å². The first-order valence-electron chi connectivity index (χ1n) is 11.5. The van der Waals surface area contributed by atoms with Gasteiger partial charge in [-0.15, -0.1) is 0 Å². The van der Waals surface area contributed by atoms with Gasteiger partial charge in [-0.2, -0.15) is 0 Å². The zero-order valence-corrected chi connectivity index (χ0v) is 22.7. The summed E-state index contributed by atoms with van der Waals surface area (Å²) in [6.07, 6.45) is 1.03. The number of carbonyl (C=O) groups is 3. The van der Waals surface area contributed by atoms with Crippen LogP contribution in [-0.4, -0.2) is 56.9 Å². The van der Waals surface area contributed by atoms with Gasteiger partial charge in [0.2, 0.25) is 0 Å². The number of amides is 1. The molecule has 1 aliphatic rings. The second kappa shape index (κ2) is 10.0. The van der Waals surface area contributed by atoms with E-state index in [0.717, 1.165) is 11.2 Å². The minimum atomic E-state index is -3.64. The van der Waals surface area contributed by atoms with E-state index in [-0.39, 0.29) is 33.4 Å². The van der Waals surface area contributed by atoms with E-state index in [0.29, 0.717) is 0 Å². The number of carbonyl (C=O) groups excluding carboxylic acids is 3. The number of rotatable bonds is 6. The lowest BCUT2D eigenvalue weighted by Gasteiger charge is -2.25. The Morgan fingerprint density at radius 2 is 1.54 bits per heavy atom. The molecule has 0 unspecified atom stereocenters. The fourth-order valence-corrected chi connectivity index (χ4v) is 4.12. The normalized spacial score (nSPS) is 13.6. The SMILES string of the molecule is CC(C)(C)OC(=O)COc1cccc2c1C(=O)N(CC(=O)OC(C)(C)C)c1cc(S(C)(=O)=O)ccc1O2. The Morgan fingerprint density at radius 3 is 2.14 bits per heavy atom. The van der Waals surface area contributed by atoms with Crippen LogP contribution in [0.15, 0.2) is 41.3 Å².